The fourth-order valence-electron chi connectivity index (χ4n) is 2.57. The summed E-state index contributed by atoms with van der Waals surface area (Å²) in [7, 11) is -3.04. The molecule has 0 amide bonds. The van der Waals surface area contributed by atoms with Crippen LogP contribution in [0.2, 0.25) is 0 Å². The van der Waals surface area contributed by atoms with Crippen molar-refractivity contribution in [3.63, 3.8) is 0 Å². The van der Waals surface area contributed by atoms with E-state index in [4.69, 9.17) is 0 Å². The number of hydrogen-bond acceptors (Lipinski definition) is 4. The SMILES string of the molecule is CCNC(=NCCc1ccccn1)N1CCS(=O)(=O)C(C)(C)C1.I. The highest BCUT2D eigenvalue weighted by atomic mass is 127. The molecular formula is C16H27IN4O2S. The summed E-state index contributed by atoms with van der Waals surface area (Å²) in [5.74, 6) is 0.955. The van der Waals surface area contributed by atoms with Gasteiger partial charge in [0.25, 0.3) is 0 Å². The standard InChI is InChI=1S/C16H26N4O2S.HI/c1-4-17-15(19-10-8-14-7-5-6-9-18-14)20-11-12-23(21,22)16(2,3)13-20;/h5-7,9H,4,8,10-13H2,1-3H3,(H,17,19);1H. The Morgan fingerprint density at radius 1 is 1.42 bits per heavy atom. The van der Waals surface area contributed by atoms with E-state index in [2.05, 4.69) is 15.3 Å². The van der Waals surface area contributed by atoms with Gasteiger partial charge in [0.15, 0.2) is 15.8 Å². The van der Waals surface area contributed by atoms with Crippen molar-refractivity contribution in [3.05, 3.63) is 30.1 Å². The van der Waals surface area contributed by atoms with Crippen LogP contribution in [0.3, 0.4) is 0 Å². The van der Waals surface area contributed by atoms with E-state index in [-0.39, 0.29) is 29.7 Å². The monoisotopic (exact) mass is 466 g/mol. The molecule has 1 fully saturated rings. The summed E-state index contributed by atoms with van der Waals surface area (Å²) in [5.41, 5.74) is 1.01. The minimum Gasteiger partial charge on any atom is -0.357 e. The van der Waals surface area contributed by atoms with E-state index in [1.165, 1.54) is 0 Å². The van der Waals surface area contributed by atoms with E-state index >= 15 is 0 Å². The number of nitrogens with one attached hydrogen (secondary N) is 1. The normalized spacial score (nSPS) is 19.5. The summed E-state index contributed by atoms with van der Waals surface area (Å²) in [6.07, 6.45) is 2.55. The van der Waals surface area contributed by atoms with Gasteiger partial charge in [-0.05, 0) is 32.9 Å². The maximum atomic E-state index is 12.1. The fourth-order valence-corrected chi connectivity index (χ4v) is 3.94. The quantitative estimate of drug-likeness (QED) is 0.416. The Bertz CT molecular complexity index is 647. The van der Waals surface area contributed by atoms with Gasteiger partial charge in [-0.2, -0.15) is 0 Å². The molecule has 8 heteroatoms. The Morgan fingerprint density at radius 3 is 2.75 bits per heavy atom. The van der Waals surface area contributed by atoms with Gasteiger partial charge in [0.2, 0.25) is 0 Å². The first kappa shape index (κ1) is 21.1. The van der Waals surface area contributed by atoms with Crippen LogP contribution in [-0.2, 0) is 16.3 Å². The van der Waals surface area contributed by atoms with Gasteiger partial charge < -0.3 is 10.2 Å². The molecule has 1 aliphatic heterocycles. The lowest BCUT2D eigenvalue weighted by atomic mass is 10.2. The van der Waals surface area contributed by atoms with Crippen LogP contribution in [0.5, 0.6) is 0 Å². The Balaban J connectivity index is 0.00000288. The van der Waals surface area contributed by atoms with Crippen LogP contribution in [0.1, 0.15) is 26.5 Å². The lowest BCUT2D eigenvalue weighted by molar-refractivity contribution is 0.353. The van der Waals surface area contributed by atoms with Gasteiger partial charge in [-0.1, -0.05) is 6.07 Å². The number of aliphatic imine (C=N–C) groups is 1. The number of rotatable bonds is 4. The van der Waals surface area contributed by atoms with E-state index in [9.17, 15) is 8.42 Å². The molecule has 6 nitrogen and oxygen atoms in total. The second-order valence-corrected chi connectivity index (χ2v) is 9.05. The molecule has 2 heterocycles. The molecule has 2 rings (SSSR count). The summed E-state index contributed by atoms with van der Waals surface area (Å²) >= 11 is 0. The molecule has 0 aliphatic carbocycles. The predicted octanol–water partition coefficient (Wildman–Crippen LogP) is 1.72. The van der Waals surface area contributed by atoms with Crippen molar-refractivity contribution in [2.24, 2.45) is 4.99 Å². The van der Waals surface area contributed by atoms with Crippen LogP contribution >= 0.6 is 24.0 Å². The first-order valence-corrected chi connectivity index (χ1v) is 9.66. The average Bonchev–Trinajstić information content (AvgIpc) is 2.50. The molecule has 0 atom stereocenters. The summed E-state index contributed by atoms with van der Waals surface area (Å²) in [5, 5.41) is 3.26. The molecule has 1 saturated heterocycles. The second-order valence-electron chi connectivity index (χ2n) is 6.31. The zero-order chi connectivity index (χ0) is 16.9. The smallest absolute Gasteiger partial charge is 0.194 e. The molecular weight excluding hydrogens is 439 g/mol. The minimum atomic E-state index is -3.04. The van der Waals surface area contributed by atoms with Crippen molar-refractivity contribution >= 4 is 39.8 Å². The van der Waals surface area contributed by atoms with Crippen LogP contribution < -0.4 is 5.32 Å². The maximum Gasteiger partial charge on any atom is 0.194 e. The van der Waals surface area contributed by atoms with E-state index in [1.807, 2.05) is 30.0 Å². The maximum absolute atomic E-state index is 12.1. The lowest BCUT2D eigenvalue weighted by Crippen LogP contribution is -2.57. The molecule has 0 spiro atoms. The Morgan fingerprint density at radius 2 is 2.17 bits per heavy atom. The minimum absolute atomic E-state index is 0. The lowest BCUT2D eigenvalue weighted by Gasteiger charge is -2.39. The van der Waals surface area contributed by atoms with E-state index in [1.54, 1.807) is 20.0 Å². The molecule has 0 saturated carbocycles. The van der Waals surface area contributed by atoms with Crippen LogP contribution in [-0.4, -0.2) is 60.9 Å². The van der Waals surface area contributed by atoms with Gasteiger partial charge in [0.1, 0.15) is 0 Å². The summed E-state index contributed by atoms with van der Waals surface area (Å²) < 4.78 is 23.5. The van der Waals surface area contributed by atoms with Gasteiger partial charge in [0.05, 0.1) is 10.5 Å². The predicted molar refractivity (Wildman–Crippen MR) is 109 cm³/mol. The number of hydrogen-bond donors (Lipinski definition) is 1. The van der Waals surface area contributed by atoms with Crippen LogP contribution in [0.4, 0.5) is 0 Å². The third-order valence-corrected chi connectivity index (χ3v) is 6.57. The van der Waals surface area contributed by atoms with Crippen molar-refractivity contribution in [1.29, 1.82) is 0 Å². The van der Waals surface area contributed by atoms with Gasteiger partial charge in [0, 0.05) is 44.5 Å². The summed E-state index contributed by atoms with van der Waals surface area (Å²) in [6.45, 7) is 7.92. The number of pyridine rings is 1. The molecule has 1 aromatic heterocycles. The van der Waals surface area contributed by atoms with Gasteiger partial charge >= 0.3 is 0 Å². The Hall–Kier alpha value is -0.900. The molecule has 0 unspecified atom stereocenters. The zero-order valence-corrected chi connectivity index (χ0v) is 17.7. The van der Waals surface area contributed by atoms with E-state index < -0.39 is 14.6 Å². The van der Waals surface area contributed by atoms with Crippen molar-refractivity contribution in [2.45, 2.75) is 31.9 Å². The average molecular weight is 466 g/mol. The van der Waals surface area contributed by atoms with Gasteiger partial charge in [-0.25, -0.2) is 8.42 Å². The molecule has 1 aliphatic rings. The van der Waals surface area contributed by atoms with Crippen LogP contribution in [0.25, 0.3) is 0 Å². The van der Waals surface area contributed by atoms with Crippen molar-refractivity contribution < 1.29 is 8.42 Å². The molecule has 1 N–H and O–H groups in total. The molecule has 0 radical (unpaired) electrons. The molecule has 24 heavy (non-hydrogen) atoms. The topological polar surface area (TPSA) is 74.7 Å². The van der Waals surface area contributed by atoms with Crippen molar-refractivity contribution in [1.82, 2.24) is 15.2 Å². The molecule has 1 aromatic rings. The third kappa shape index (κ3) is 5.30. The van der Waals surface area contributed by atoms with E-state index in [0.29, 0.717) is 19.6 Å². The van der Waals surface area contributed by atoms with Crippen LogP contribution in [0, 0.1) is 0 Å². The van der Waals surface area contributed by atoms with Crippen LogP contribution in [0.15, 0.2) is 29.4 Å². The fraction of sp³-hybridized carbons (Fsp3) is 0.625. The highest BCUT2D eigenvalue weighted by molar-refractivity contribution is 14.0. The Kier molecular flexibility index (Phi) is 7.91. The summed E-state index contributed by atoms with van der Waals surface area (Å²) in [4.78, 5) is 11.0. The summed E-state index contributed by atoms with van der Waals surface area (Å²) in [6, 6.07) is 5.85. The molecule has 0 bridgehead atoms. The van der Waals surface area contributed by atoms with Crippen molar-refractivity contribution in [3.8, 4) is 0 Å². The van der Waals surface area contributed by atoms with Gasteiger partial charge in [-0.15, -0.1) is 24.0 Å². The largest absolute Gasteiger partial charge is 0.357 e. The number of halogens is 1. The second kappa shape index (κ2) is 8.98. The first-order valence-electron chi connectivity index (χ1n) is 8.01. The third-order valence-electron chi connectivity index (χ3n) is 4.03. The zero-order valence-electron chi connectivity index (χ0n) is 14.5. The highest BCUT2D eigenvalue weighted by Crippen LogP contribution is 2.23. The number of sulfone groups is 1. The van der Waals surface area contributed by atoms with E-state index in [0.717, 1.165) is 24.6 Å². The highest BCUT2D eigenvalue weighted by Gasteiger charge is 2.40. The van der Waals surface area contributed by atoms with Crippen molar-refractivity contribution in [2.75, 3.05) is 31.9 Å². The van der Waals surface area contributed by atoms with Gasteiger partial charge in [-0.3, -0.25) is 9.98 Å². The first-order chi connectivity index (χ1) is 10.9. The number of nitrogens with zero attached hydrogens (tertiary/aromatic N) is 3. The molecule has 136 valence electrons. The number of aromatic nitrogens is 1. The number of guanidine groups is 1. The Labute approximate surface area is 162 Å². The molecule has 0 aromatic carbocycles.